The average Bonchev–Trinajstić information content (AvgIpc) is 2.89. The van der Waals surface area contributed by atoms with Crippen LogP contribution < -0.4 is 10.6 Å². The van der Waals surface area contributed by atoms with Crippen molar-refractivity contribution in [2.75, 3.05) is 40.4 Å². The van der Waals surface area contributed by atoms with Crippen molar-refractivity contribution in [3.05, 3.63) is 35.9 Å². The van der Waals surface area contributed by atoms with Gasteiger partial charge in [-0.1, -0.05) is 85.0 Å². The third-order valence-corrected chi connectivity index (χ3v) is 9.43. The smallest absolute Gasteiger partial charge is 0.317 e. The van der Waals surface area contributed by atoms with Crippen molar-refractivity contribution in [3.63, 3.8) is 0 Å². The first kappa shape index (κ1) is 28.6. The van der Waals surface area contributed by atoms with Gasteiger partial charge in [0, 0.05) is 49.2 Å². The van der Waals surface area contributed by atoms with Crippen LogP contribution in [0.2, 0.25) is 0 Å². The largest absolute Gasteiger partial charge is 0.385 e. The first-order chi connectivity index (χ1) is 17.0. The van der Waals surface area contributed by atoms with E-state index in [0.717, 1.165) is 44.2 Å². The maximum absolute atomic E-state index is 17.1. The minimum absolute atomic E-state index is 0.0365. The van der Waals surface area contributed by atoms with Crippen LogP contribution in [0.25, 0.3) is 0 Å². The second kappa shape index (κ2) is 14.7. The number of likely N-dealkylation sites (N-methyl/N-ethyl adjacent to an activating group) is 1. The van der Waals surface area contributed by atoms with Crippen molar-refractivity contribution in [2.45, 2.75) is 79.8 Å². The molecule has 35 heavy (non-hydrogen) atoms. The Morgan fingerprint density at radius 1 is 1.20 bits per heavy atom. The van der Waals surface area contributed by atoms with Crippen molar-refractivity contribution in [1.82, 2.24) is 15.5 Å². The lowest BCUT2D eigenvalue weighted by molar-refractivity contribution is 0.0300. The van der Waals surface area contributed by atoms with E-state index in [9.17, 15) is 4.79 Å². The van der Waals surface area contributed by atoms with Gasteiger partial charge in [-0.2, -0.15) is 0 Å². The molecule has 3 rings (SSSR count). The number of methoxy groups -OCH3 is 1. The Morgan fingerprint density at radius 3 is 2.63 bits per heavy atom. The summed E-state index contributed by atoms with van der Waals surface area (Å²) in [6.07, 6.45) is 10.7. The zero-order valence-corrected chi connectivity index (χ0v) is 23.8. The molecular weight excluding hydrogens is 556 g/mol. The lowest BCUT2D eigenvalue weighted by Crippen LogP contribution is -2.54. The van der Waals surface area contributed by atoms with E-state index < -0.39 is 5.67 Å². The minimum Gasteiger partial charge on any atom is -0.385 e. The summed E-state index contributed by atoms with van der Waals surface area (Å²) >= 11 is 2.29. The second-order valence-corrected chi connectivity index (χ2v) is 12.0. The molecule has 0 radical (unpaired) electrons. The fraction of sp³-hybridized carbons (Fsp3) is 0.750. The highest BCUT2D eigenvalue weighted by Crippen LogP contribution is 2.46. The fourth-order valence-electron chi connectivity index (χ4n) is 6.02. The minimum atomic E-state index is -1.49. The van der Waals surface area contributed by atoms with Gasteiger partial charge >= 0.3 is 6.03 Å². The Balaban J connectivity index is 1.69. The van der Waals surface area contributed by atoms with Crippen molar-refractivity contribution in [1.29, 1.82) is 0 Å². The van der Waals surface area contributed by atoms with Crippen LogP contribution in [-0.4, -0.2) is 61.3 Å². The van der Waals surface area contributed by atoms with Gasteiger partial charge in [0.05, 0.1) is 0 Å². The number of carbonyl (C=O) groups excluding carboxylic acids is 1. The van der Waals surface area contributed by atoms with Crippen molar-refractivity contribution in [3.8, 4) is 0 Å². The Bertz CT molecular complexity index is 749. The van der Waals surface area contributed by atoms with E-state index in [1.165, 1.54) is 32.1 Å². The molecule has 7 heteroatoms. The number of ether oxygens (including phenoxy) is 1. The standard InChI is InChI=1S/C28H45FIN3O2/c1-31-20-25(19-22-11-5-3-6-12-22)32-27(34)33-17-9-15-24(21-33)28(29,23-13-7-4-8-14-23)26(30)16-10-18-35-2/h4,7-8,13-14,22,24-26,31H,3,5-6,9-12,15-21H2,1-2H3,(H,32,34)/t24?,25?,26?,28-/m1/s1. The number of urea groups is 1. The number of likely N-dealkylation sites (tertiary alicyclic amines) is 1. The van der Waals surface area contributed by atoms with Gasteiger partial charge in [-0.3, -0.25) is 0 Å². The van der Waals surface area contributed by atoms with E-state index in [4.69, 9.17) is 4.74 Å². The van der Waals surface area contributed by atoms with Gasteiger partial charge in [0.15, 0.2) is 5.67 Å². The zero-order valence-electron chi connectivity index (χ0n) is 21.6. The summed E-state index contributed by atoms with van der Waals surface area (Å²) < 4.78 is 22.2. The van der Waals surface area contributed by atoms with E-state index >= 15 is 4.39 Å². The number of alkyl halides is 2. The monoisotopic (exact) mass is 601 g/mol. The molecule has 4 atom stereocenters. The van der Waals surface area contributed by atoms with Gasteiger partial charge in [-0.25, -0.2) is 9.18 Å². The van der Waals surface area contributed by atoms with Crippen molar-refractivity contribution >= 4 is 28.6 Å². The highest BCUT2D eigenvalue weighted by atomic mass is 127. The third-order valence-electron chi connectivity index (χ3n) is 7.90. The molecule has 3 unspecified atom stereocenters. The molecule has 5 nitrogen and oxygen atoms in total. The highest BCUT2D eigenvalue weighted by Gasteiger charge is 2.48. The average molecular weight is 602 g/mol. The first-order valence-electron chi connectivity index (χ1n) is 13.6. The van der Waals surface area contributed by atoms with E-state index in [2.05, 4.69) is 33.2 Å². The first-order valence-corrected chi connectivity index (χ1v) is 14.8. The van der Waals surface area contributed by atoms with E-state index in [1.54, 1.807) is 7.11 Å². The summed E-state index contributed by atoms with van der Waals surface area (Å²) in [5.41, 5.74) is -0.754. The lowest BCUT2D eigenvalue weighted by atomic mass is 9.75. The van der Waals surface area contributed by atoms with Crippen LogP contribution in [-0.2, 0) is 10.4 Å². The molecule has 2 fully saturated rings. The van der Waals surface area contributed by atoms with Crippen molar-refractivity contribution in [2.24, 2.45) is 11.8 Å². The van der Waals surface area contributed by atoms with Crippen molar-refractivity contribution < 1.29 is 13.9 Å². The molecule has 2 N–H and O–H groups in total. The number of nitrogens with zero attached hydrogens (tertiary/aromatic N) is 1. The highest BCUT2D eigenvalue weighted by molar-refractivity contribution is 14.1. The van der Waals surface area contributed by atoms with E-state index in [1.807, 2.05) is 42.3 Å². The van der Waals surface area contributed by atoms with Crippen LogP contribution in [0.1, 0.15) is 69.8 Å². The Hall–Kier alpha value is -0.930. The van der Waals surface area contributed by atoms with Gasteiger partial charge in [-0.05, 0) is 50.6 Å². The second-order valence-electron chi connectivity index (χ2n) is 10.5. The van der Waals surface area contributed by atoms with Crippen LogP contribution in [0, 0.1) is 11.8 Å². The molecule has 1 aliphatic heterocycles. The third kappa shape index (κ3) is 8.03. The van der Waals surface area contributed by atoms with Crippen LogP contribution in [0.4, 0.5) is 9.18 Å². The summed E-state index contributed by atoms with van der Waals surface area (Å²) in [4.78, 5) is 15.2. The van der Waals surface area contributed by atoms with Gasteiger partial charge in [-0.15, -0.1) is 0 Å². The molecule has 0 bridgehead atoms. The lowest BCUT2D eigenvalue weighted by Gasteiger charge is -2.43. The maximum Gasteiger partial charge on any atom is 0.317 e. The summed E-state index contributed by atoms with van der Waals surface area (Å²) in [6.45, 7) is 2.55. The summed E-state index contributed by atoms with van der Waals surface area (Å²) in [5, 5.41) is 6.56. The van der Waals surface area contributed by atoms with Gasteiger partial charge < -0.3 is 20.3 Å². The number of hydrogen-bond donors (Lipinski definition) is 2. The van der Waals surface area contributed by atoms with Gasteiger partial charge in [0.1, 0.15) is 0 Å². The van der Waals surface area contributed by atoms with Crippen LogP contribution >= 0.6 is 22.6 Å². The molecule has 1 aliphatic carbocycles. The number of amides is 2. The molecule has 0 aromatic heterocycles. The molecule has 1 saturated heterocycles. The number of hydrogen-bond acceptors (Lipinski definition) is 3. The van der Waals surface area contributed by atoms with Gasteiger partial charge in [0.2, 0.25) is 0 Å². The Morgan fingerprint density at radius 2 is 1.94 bits per heavy atom. The molecule has 1 aromatic carbocycles. The predicted molar refractivity (Wildman–Crippen MR) is 150 cm³/mol. The zero-order chi connectivity index (χ0) is 25.1. The van der Waals surface area contributed by atoms with Crippen LogP contribution in [0.5, 0.6) is 0 Å². The molecule has 1 heterocycles. The molecular formula is C28H45FIN3O2. The van der Waals surface area contributed by atoms with E-state index in [0.29, 0.717) is 25.6 Å². The summed E-state index contributed by atoms with van der Waals surface area (Å²) in [6, 6.07) is 9.68. The molecule has 1 saturated carbocycles. The molecule has 2 aliphatic rings. The quantitative estimate of drug-likeness (QED) is 0.174. The number of halogens is 2. The molecule has 1 aromatic rings. The Labute approximate surface area is 225 Å². The molecule has 0 spiro atoms. The number of carbonyl (C=O) groups is 1. The number of piperidine rings is 1. The summed E-state index contributed by atoms with van der Waals surface area (Å²) in [7, 11) is 3.63. The predicted octanol–water partition coefficient (Wildman–Crippen LogP) is 6.06. The number of rotatable bonds is 12. The van der Waals surface area contributed by atoms with E-state index in [-0.39, 0.29) is 21.9 Å². The SMILES string of the molecule is CNCC(CC1CCCCC1)NC(=O)N1CCCC([C@](F)(c2ccccc2)C(I)CCCOC)C1. The normalized spacial score (nSPS) is 22.9. The Kier molecular flexibility index (Phi) is 12.0. The topological polar surface area (TPSA) is 53.6 Å². The van der Waals surface area contributed by atoms with Crippen LogP contribution in [0.3, 0.4) is 0 Å². The summed E-state index contributed by atoms with van der Waals surface area (Å²) in [5.74, 6) is 0.467. The molecule has 2 amide bonds. The van der Waals surface area contributed by atoms with Crippen LogP contribution in [0.15, 0.2) is 30.3 Å². The fourth-order valence-corrected chi connectivity index (χ4v) is 7.33. The van der Waals surface area contributed by atoms with Gasteiger partial charge in [0.25, 0.3) is 0 Å². The number of benzene rings is 1. The maximum atomic E-state index is 17.1. The number of nitrogens with one attached hydrogen (secondary N) is 2. The molecule has 198 valence electrons.